The lowest BCUT2D eigenvalue weighted by Gasteiger charge is -2.16. The third-order valence-electron chi connectivity index (χ3n) is 2.78. The number of carboxylic acids is 1. The molecule has 1 N–H and O–H groups in total. The summed E-state index contributed by atoms with van der Waals surface area (Å²) in [6.45, 7) is 3.86. The van der Waals surface area contributed by atoms with E-state index in [1.807, 2.05) is 13.8 Å². The van der Waals surface area contributed by atoms with Crippen molar-refractivity contribution in [2.45, 2.75) is 26.6 Å². The zero-order valence-electron chi connectivity index (χ0n) is 12.2. The highest BCUT2D eigenvalue weighted by molar-refractivity contribution is 5.90. The van der Waals surface area contributed by atoms with Crippen LogP contribution in [0.4, 0.5) is 0 Å². The molecule has 0 spiro atoms. The maximum atomic E-state index is 11.3. The monoisotopic (exact) mass is 290 g/mol. The van der Waals surface area contributed by atoms with Gasteiger partial charge >= 0.3 is 5.97 Å². The number of rotatable bonds is 6. The van der Waals surface area contributed by atoms with Gasteiger partial charge in [-0.15, -0.1) is 5.10 Å². The Hall–Kier alpha value is -2.50. The van der Waals surface area contributed by atoms with Crippen LogP contribution in [-0.2, 0) is 13.7 Å². The fourth-order valence-electron chi connectivity index (χ4n) is 1.90. The molecule has 6 nitrogen and oxygen atoms in total. The maximum Gasteiger partial charge on any atom is 0.336 e. The summed E-state index contributed by atoms with van der Waals surface area (Å²) in [4.78, 5) is 11.3. The van der Waals surface area contributed by atoms with Gasteiger partial charge in [0.1, 0.15) is 12.4 Å². The van der Waals surface area contributed by atoms with Gasteiger partial charge < -0.3 is 14.6 Å². The van der Waals surface area contributed by atoms with Crippen molar-refractivity contribution in [2.24, 2.45) is 7.05 Å². The molecule has 21 heavy (non-hydrogen) atoms. The minimum absolute atomic E-state index is 0.0531. The first-order valence-electron chi connectivity index (χ1n) is 6.61. The van der Waals surface area contributed by atoms with E-state index in [2.05, 4.69) is 5.10 Å². The zero-order valence-corrected chi connectivity index (χ0v) is 12.2. The van der Waals surface area contributed by atoms with Crippen LogP contribution in [0.1, 0.15) is 29.8 Å². The highest BCUT2D eigenvalue weighted by Crippen LogP contribution is 2.25. The van der Waals surface area contributed by atoms with Gasteiger partial charge in [0.2, 0.25) is 5.88 Å². The fraction of sp³-hybridized carbons (Fsp3) is 0.333. The van der Waals surface area contributed by atoms with Gasteiger partial charge in [-0.25, -0.2) is 4.79 Å². The standard InChI is InChI=1S/C15H18N2O4/c1-10(2)21-13-6-4-5-11(15(18)19)12(13)9-20-14-7-8-17(3)16-14/h4-8,10H,9H2,1-3H3,(H,18,19). The summed E-state index contributed by atoms with van der Waals surface area (Å²) in [5.41, 5.74) is 0.674. The van der Waals surface area contributed by atoms with E-state index in [9.17, 15) is 9.90 Å². The Morgan fingerprint density at radius 2 is 2.14 bits per heavy atom. The zero-order chi connectivity index (χ0) is 15.4. The Balaban J connectivity index is 2.27. The van der Waals surface area contributed by atoms with E-state index >= 15 is 0 Å². The molecule has 0 amide bonds. The Kier molecular flexibility index (Phi) is 4.47. The van der Waals surface area contributed by atoms with E-state index in [-0.39, 0.29) is 18.3 Å². The largest absolute Gasteiger partial charge is 0.491 e. The van der Waals surface area contributed by atoms with Crippen molar-refractivity contribution in [2.75, 3.05) is 0 Å². The highest BCUT2D eigenvalue weighted by atomic mass is 16.5. The Labute approximate surface area is 122 Å². The van der Waals surface area contributed by atoms with Gasteiger partial charge in [0.05, 0.1) is 11.7 Å². The molecule has 0 saturated carbocycles. The number of hydrogen-bond acceptors (Lipinski definition) is 4. The van der Waals surface area contributed by atoms with Crippen molar-refractivity contribution >= 4 is 5.97 Å². The maximum absolute atomic E-state index is 11.3. The number of ether oxygens (including phenoxy) is 2. The van der Waals surface area contributed by atoms with Crippen molar-refractivity contribution in [1.82, 2.24) is 9.78 Å². The van der Waals surface area contributed by atoms with Crippen molar-refractivity contribution < 1.29 is 19.4 Å². The van der Waals surface area contributed by atoms with Crippen molar-refractivity contribution in [1.29, 1.82) is 0 Å². The molecule has 0 aliphatic rings. The molecule has 0 saturated heterocycles. The third-order valence-corrected chi connectivity index (χ3v) is 2.78. The van der Waals surface area contributed by atoms with Gasteiger partial charge in [0, 0.05) is 24.9 Å². The van der Waals surface area contributed by atoms with Crippen LogP contribution in [0.5, 0.6) is 11.6 Å². The molecular formula is C15H18N2O4. The Morgan fingerprint density at radius 3 is 2.71 bits per heavy atom. The third kappa shape index (κ3) is 3.75. The topological polar surface area (TPSA) is 73.6 Å². The summed E-state index contributed by atoms with van der Waals surface area (Å²) < 4.78 is 12.8. The summed E-state index contributed by atoms with van der Waals surface area (Å²) in [6.07, 6.45) is 1.70. The lowest BCUT2D eigenvalue weighted by molar-refractivity contribution is 0.0692. The number of carboxylic acid groups (broad SMARTS) is 1. The molecule has 2 aromatic rings. The van der Waals surface area contributed by atoms with E-state index in [1.165, 1.54) is 6.07 Å². The first kappa shape index (κ1) is 14.9. The number of benzene rings is 1. The van der Waals surface area contributed by atoms with Crippen molar-refractivity contribution in [3.8, 4) is 11.6 Å². The average molecular weight is 290 g/mol. The minimum atomic E-state index is -1.01. The summed E-state index contributed by atoms with van der Waals surface area (Å²) in [5.74, 6) is -0.0575. The van der Waals surface area contributed by atoms with Gasteiger partial charge in [-0.05, 0) is 26.0 Å². The van der Waals surface area contributed by atoms with Gasteiger partial charge in [-0.2, -0.15) is 0 Å². The SMILES string of the molecule is CC(C)Oc1cccc(C(=O)O)c1COc1ccn(C)n1. The van der Waals surface area contributed by atoms with Crippen molar-refractivity contribution in [3.63, 3.8) is 0 Å². The lowest BCUT2D eigenvalue weighted by Crippen LogP contribution is -2.12. The normalized spacial score (nSPS) is 10.7. The molecule has 0 atom stereocenters. The van der Waals surface area contributed by atoms with Gasteiger partial charge in [0.25, 0.3) is 0 Å². The van der Waals surface area contributed by atoms with Crippen LogP contribution in [-0.4, -0.2) is 27.0 Å². The Morgan fingerprint density at radius 1 is 1.38 bits per heavy atom. The number of carbonyl (C=O) groups is 1. The second-order valence-electron chi connectivity index (χ2n) is 4.87. The molecule has 0 aliphatic carbocycles. The highest BCUT2D eigenvalue weighted by Gasteiger charge is 2.17. The van der Waals surface area contributed by atoms with Gasteiger partial charge in [0.15, 0.2) is 0 Å². The molecule has 0 fully saturated rings. The predicted octanol–water partition coefficient (Wildman–Crippen LogP) is 2.48. The molecular weight excluding hydrogens is 272 g/mol. The number of aromatic carboxylic acids is 1. The Bertz CT molecular complexity index is 634. The lowest BCUT2D eigenvalue weighted by atomic mass is 10.1. The molecule has 6 heteroatoms. The molecule has 112 valence electrons. The van der Waals surface area contributed by atoms with E-state index in [4.69, 9.17) is 9.47 Å². The van der Waals surface area contributed by atoms with Crippen LogP contribution in [0.15, 0.2) is 30.5 Å². The summed E-state index contributed by atoms with van der Waals surface area (Å²) in [5, 5.41) is 13.4. The predicted molar refractivity (Wildman–Crippen MR) is 76.7 cm³/mol. The molecule has 1 aromatic heterocycles. The van der Waals surface area contributed by atoms with E-state index in [0.29, 0.717) is 17.2 Å². The fourth-order valence-corrected chi connectivity index (χ4v) is 1.90. The smallest absolute Gasteiger partial charge is 0.336 e. The van der Waals surface area contributed by atoms with Crippen LogP contribution in [0.2, 0.25) is 0 Å². The average Bonchev–Trinajstić information content (AvgIpc) is 2.82. The quantitative estimate of drug-likeness (QED) is 0.884. The van der Waals surface area contributed by atoms with Crippen LogP contribution in [0, 0.1) is 0 Å². The number of aromatic nitrogens is 2. The summed E-state index contributed by atoms with van der Waals surface area (Å²) >= 11 is 0. The molecule has 0 bridgehead atoms. The molecule has 1 heterocycles. The summed E-state index contributed by atoms with van der Waals surface area (Å²) in [7, 11) is 1.78. The van der Waals surface area contributed by atoms with E-state index in [1.54, 1.807) is 36.1 Å². The molecule has 0 radical (unpaired) electrons. The van der Waals surface area contributed by atoms with Crippen LogP contribution in [0.25, 0.3) is 0 Å². The van der Waals surface area contributed by atoms with Crippen LogP contribution >= 0.6 is 0 Å². The molecule has 0 unspecified atom stereocenters. The number of aryl methyl sites for hydroxylation is 1. The molecule has 0 aliphatic heterocycles. The molecule has 1 aromatic carbocycles. The second-order valence-corrected chi connectivity index (χ2v) is 4.87. The van der Waals surface area contributed by atoms with Crippen molar-refractivity contribution in [3.05, 3.63) is 41.6 Å². The van der Waals surface area contributed by atoms with Gasteiger partial charge in [-0.3, -0.25) is 4.68 Å². The van der Waals surface area contributed by atoms with E-state index < -0.39 is 5.97 Å². The summed E-state index contributed by atoms with van der Waals surface area (Å²) in [6, 6.07) is 6.65. The second kappa shape index (κ2) is 6.30. The number of nitrogens with zero attached hydrogens (tertiary/aromatic N) is 2. The van der Waals surface area contributed by atoms with Crippen LogP contribution < -0.4 is 9.47 Å². The first-order chi connectivity index (χ1) is 9.97. The minimum Gasteiger partial charge on any atom is -0.491 e. The van der Waals surface area contributed by atoms with Crippen LogP contribution in [0.3, 0.4) is 0 Å². The van der Waals surface area contributed by atoms with E-state index in [0.717, 1.165) is 0 Å². The first-order valence-corrected chi connectivity index (χ1v) is 6.61. The van der Waals surface area contributed by atoms with Gasteiger partial charge in [-0.1, -0.05) is 6.07 Å². The number of hydrogen-bond donors (Lipinski definition) is 1. The molecule has 2 rings (SSSR count).